The molecule has 0 aliphatic carbocycles. The van der Waals surface area contributed by atoms with Gasteiger partial charge in [0.25, 0.3) is 0 Å². The van der Waals surface area contributed by atoms with Gasteiger partial charge in [0.1, 0.15) is 0 Å². The van der Waals surface area contributed by atoms with Gasteiger partial charge in [0, 0.05) is 25.5 Å². The lowest BCUT2D eigenvalue weighted by molar-refractivity contribution is 0.438. The Bertz CT molecular complexity index is 265. The maximum Gasteiger partial charge on any atom is 0.202 e. The number of aromatic nitrogens is 2. The second-order valence-corrected chi connectivity index (χ2v) is 4.14. The fourth-order valence-corrected chi connectivity index (χ4v) is 1.22. The van der Waals surface area contributed by atoms with E-state index in [1.165, 1.54) is 0 Å². The fraction of sp³-hybridized carbons (Fsp3) is 0.727. The Morgan fingerprint density at radius 2 is 2.14 bits per heavy atom. The van der Waals surface area contributed by atoms with Crippen molar-refractivity contribution in [1.82, 2.24) is 9.55 Å². The molecule has 1 unspecified atom stereocenters. The first-order valence-corrected chi connectivity index (χ1v) is 5.40. The minimum Gasteiger partial charge on any atom is -0.355 e. The van der Waals surface area contributed by atoms with Gasteiger partial charge in [-0.15, -0.1) is 0 Å². The Labute approximate surface area is 86.5 Å². The highest BCUT2D eigenvalue weighted by molar-refractivity contribution is 5.25. The number of rotatable bonds is 5. The fourth-order valence-electron chi connectivity index (χ4n) is 1.22. The maximum atomic E-state index is 4.27. The van der Waals surface area contributed by atoms with E-state index in [4.69, 9.17) is 0 Å². The predicted molar refractivity (Wildman–Crippen MR) is 60.4 cm³/mol. The van der Waals surface area contributed by atoms with Crippen molar-refractivity contribution < 1.29 is 0 Å². The highest BCUT2D eigenvalue weighted by atomic mass is 15.2. The molecule has 3 nitrogen and oxygen atoms in total. The molecule has 1 atom stereocenters. The first-order valence-electron chi connectivity index (χ1n) is 5.40. The molecule has 1 aromatic rings. The lowest BCUT2D eigenvalue weighted by Crippen LogP contribution is -2.18. The zero-order valence-corrected chi connectivity index (χ0v) is 9.62. The van der Waals surface area contributed by atoms with E-state index in [9.17, 15) is 0 Å². The number of hydrogen-bond acceptors (Lipinski definition) is 2. The summed E-state index contributed by atoms with van der Waals surface area (Å²) in [5.74, 6) is 2.38. The summed E-state index contributed by atoms with van der Waals surface area (Å²) in [5.41, 5.74) is 0. The molecule has 0 spiro atoms. The normalized spacial score (nSPS) is 13.2. The summed E-state index contributed by atoms with van der Waals surface area (Å²) in [5, 5.41) is 3.38. The van der Waals surface area contributed by atoms with Crippen molar-refractivity contribution in [2.75, 3.05) is 11.9 Å². The first-order chi connectivity index (χ1) is 6.65. The standard InChI is InChI=1S/C11H21N3/c1-5-14-7-6-12-11(14)13-8-10(4)9(2)3/h6-7,9-10H,5,8H2,1-4H3,(H,12,13). The van der Waals surface area contributed by atoms with Crippen molar-refractivity contribution in [3.8, 4) is 0 Å². The molecule has 0 bridgehead atoms. The van der Waals surface area contributed by atoms with Gasteiger partial charge in [-0.25, -0.2) is 4.98 Å². The second-order valence-electron chi connectivity index (χ2n) is 4.14. The molecule has 1 N–H and O–H groups in total. The maximum absolute atomic E-state index is 4.27. The van der Waals surface area contributed by atoms with Gasteiger partial charge < -0.3 is 9.88 Å². The molecule has 0 aliphatic heterocycles. The third kappa shape index (κ3) is 2.76. The molecule has 0 aromatic carbocycles. The van der Waals surface area contributed by atoms with Gasteiger partial charge in [-0.2, -0.15) is 0 Å². The minimum absolute atomic E-state index is 0.678. The summed E-state index contributed by atoms with van der Waals surface area (Å²) >= 11 is 0. The van der Waals surface area contributed by atoms with Gasteiger partial charge >= 0.3 is 0 Å². The van der Waals surface area contributed by atoms with Crippen molar-refractivity contribution in [2.45, 2.75) is 34.2 Å². The Balaban J connectivity index is 2.45. The Hall–Kier alpha value is -0.990. The van der Waals surface area contributed by atoms with Crippen LogP contribution >= 0.6 is 0 Å². The Kier molecular flexibility index (Phi) is 3.98. The van der Waals surface area contributed by atoms with Crippen LogP contribution in [0.5, 0.6) is 0 Å². The minimum atomic E-state index is 0.678. The average Bonchev–Trinajstić information content (AvgIpc) is 2.60. The lowest BCUT2D eigenvalue weighted by atomic mass is 9.98. The smallest absolute Gasteiger partial charge is 0.202 e. The monoisotopic (exact) mass is 195 g/mol. The number of aryl methyl sites for hydroxylation is 1. The number of nitrogens with one attached hydrogen (secondary N) is 1. The van der Waals surface area contributed by atoms with Crippen molar-refractivity contribution in [2.24, 2.45) is 11.8 Å². The molecule has 1 aromatic heterocycles. The van der Waals surface area contributed by atoms with E-state index >= 15 is 0 Å². The number of imidazole rings is 1. The second kappa shape index (κ2) is 5.03. The van der Waals surface area contributed by atoms with Gasteiger partial charge in [-0.05, 0) is 18.8 Å². The van der Waals surface area contributed by atoms with E-state index in [2.05, 4.69) is 42.6 Å². The first kappa shape index (κ1) is 11.1. The SMILES string of the molecule is CCn1ccnc1NCC(C)C(C)C. The van der Waals surface area contributed by atoms with Crippen LogP contribution in [-0.4, -0.2) is 16.1 Å². The molecule has 1 heterocycles. The zero-order valence-electron chi connectivity index (χ0n) is 9.62. The molecule has 0 saturated heterocycles. The molecule has 14 heavy (non-hydrogen) atoms. The summed E-state index contributed by atoms with van der Waals surface area (Å²) in [6, 6.07) is 0. The summed E-state index contributed by atoms with van der Waals surface area (Å²) in [7, 11) is 0. The van der Waals surface area contributed by atoms with E-state index in [-0.39, 0.29) is 0 Å². The van der Waals surface area contributed by atoms with E-state index in [0.717, 1.165) is 19.0 Å². The van der Waals surface area contributed by atoms with Crippen LogP contribution < -0.4 is 5.32 Å². The Morgan fingerprint density at radius 1 is 1.43 bits per heavy atom. The topological polar surface area (TPSA) is 29.9 Å². The quantitative estimate of drug-likeness (QED) is 0.782. The van der Waals surface area contributed by atoms with Gasteiger partial charge in [-0.1, -0.05) is 20.8 Å². The molecule has 0 amide bonds. The number of hydrogen-bond donors (Lipinski definition) is 1. The van der Waals surface area contributed by atoms with Crippen LogP contribution in [0.3, 0.4) is 0 Å². The van der Waals surface area contributed by atoms with Crippen molar-refractivity contribution >= 4 is 5.95 Å². The molecule has 0 fully saturated rings. The number of nitrogens with zero attached hydrogens (tertiary/aromatic N) is 2. The van der Waals surface area contributed by atoms with Crippen LogP contribution in [0.2, 0.25) is 0 Å². The Morgan fingerprint density at radius 3 is 2.71 bits per heavy atom. The highest BCUT2D eigenvalue weighted by Crippen LogP contribution is 2.11. The van der Waals surface area contributed by atoms with E-state index < -0.39 is 0 Å². The molecule has 1 rings (SSSR count). The van der Waals surface area contributed by atoms with Crippen LogP contribution in [0.1, 0.15) is 27.7 Å². The average molecular weight is 195 g/mol. The summed E-state index contributed by atoms with van der Waals surface area (Å²) in [6.07, 6.45) is 3.84. The molecule has 0 aliphatic rings. The molecule has 0 radical (unpaired) electrons. The molecule has 0 saturated carbocycles. The van der Waals surface area contributed by atoms with Crippen LogP contribution in [0.4, 0.5) is 5.95 Å². The zero-order chi connectivity index (χ0) is 10.6. The molecular formula is C11H21N3. The molecule has 80 valence electrons. The van der Waals surface area contributed by atoms with Crippen LogP contribution in [0.15, 0.2) is 12.4 Å². The van der Waals surface area contributed by atoms with Crippen LogP contribution in [0, 0.1) is 11.8 Å². The van der Waals surface area contributed by atoms with Gasteiger partial charge in [0.05, 0.1) is 0 Å². The lowest BCUT2D eigenvalue weighted by Gasteiger charge is -2.16. The van der Waals surface area contributed by atoms with Gasteiger partial charge in [0.15, 0.2) is 0 Å². The van der Waals surface area contributed by atoms with Crippen molar-refractivity contribution in [3.63, 3.8) is 0 Å². The number of anilines is 1. The highest BCUT2D eigenvalue weighted by Gasteiger charge is 2.07. The van der Waals surface area contributed by atoms with Crippen molar-refractivity contribution in [3.05, 3.63) is 12.4 Å². The van der Waals surface area contributed by atoms with Crippen molar-refractivity contribution in [1.29, 1.82) is 0 Å². The third-order valence-corrected chi connectivity index (χ3v) is 2.78. The van der Waals surface area contributed by atoms with E-state index in [1.807, 2.05) is 12.4 Å². The van der Waals surface area contributed by atoms with Gasteiger partial charge in [-0.3, -0.25) is 0 Å². The summed E-state index contributed by atoms with van der Waals surface area (Å²) < 4.78 is 2.12. The van der Waals surface area contributed by atoms with Crippen LogP contribution in [-0.2, 0) is 6.54 Å². The molecule has 3 heteroatoms. The molecular weight excluding hydrogens is 174 g/mol. The van der Waals surface area contributed by atoms with E-state index in [1.54, 1.807) is 0 Å². The third-order valence-electron chi connectivity index (χ3n) is 2.78. The largest absolute Gasteiger partial charge is 0.355 e. The summed E-state index contributed by atoms with van der Waals surface area (Å²) in [6.45, 7) is 10.8. The summed E-state index contributed by atoms with van der Waals surface area (Å²) in [4.78, 5) is 4.27. The van der Waals surface area contributed by atoms with Gasteiger partial charge in [0.2, 0.25) is 5.95 Å². The van der Waals surface area contributed by atoms with E-state index in [0.29, 0.717) is 11.8 Å². The van der Waals surface area contributed by atoms with Crippen LogP contribution in [0.25, 0.3) is 0 Å². The predicted octanol–water partition coefficient (Wildman–Crippen LogP) is 2.61.